The molecule has 0 amide bonds. The molecule has 0 aliphatic carbocycles. The highest BCUT2D eigenvalue weighted by molar-refractivity contribution is 14.0. The second kappa shape index (κ2) is 12.4. The van der Waals surface area contributed by atoms with Crippen LogP contribution >= 0.6 is 24.0 Å². The molecule has 1 heterocycles. The van der Waals surface area contributed by atoms with Gasteiger partial charge in [-0.05, 0) is 55.7 Å². The number of aliphatic imine (C=N–C) groups is 1. The molecule has 0 bridgehead atoms. The van der Waals surface area contributed by atoms with Crippen LogP contribution in [0.15, 0.2) is 41.4 Å². The molecule has 0 fully saturated rings. The topological polar surface area (TPSA) is 73.3 Å². The predicted octanol–water partition coefficient (Wildman–Crippen LogP) is 3.74. The van der Waals surface area contributed by atoms with Crippen molar-refractivity contribution in [3.8, 4) is 23.0 Å². The van der Waals surface area contributed by atoms with Gasteiger partial charge >= 0.3 is 0 Å². The van der Waals surface area contributed by atoms with Crippen molar-refractivity contribution in [2.45, 2.75) is 26.8 Å². The van der Waals surface area contributed by atoms with E-state index >= 15 is 0 Å². The second-order valence-corrected chi connectivity index (χ2v) is 6.44. The summed E-state index contributed by atoms with van der Waals surface area (Å²) >= 11 is 0. The first-order chi connectivity index (χ1) is 14.2. The highest BCUT2D eigenvalue weighted by atomic mass is 127. The van der Waals surface area contributed by atoms with Crippen LogP contribution in [0.5, 0.6) is 23.0 Å². The first kappa shape index (κ1) is 23.9. The van der Waals surface area contributed by atoms with E-state index < -0.39 is 0 Å². The summed E-state index contributed by atoms with van der Waals surface area (Å²) in [5.41, 5.74) is 2.28. The average Bonchev–Trinajstić information content (AvgIpc) is 3.20. The second-order valence-electron chi connectivity index (χ2n) is 6.44. The normalized spacial score (nSPS) is 12.2. The van der Waals surface area contributed by atoms with Crippen molar-refractivity contribution in [3.63, 3.8) is 0 Å². The van der Waals surface area contributed by atoms with E-state index in [1.54, 1.807) is 7.05 Å². The van der Waals surface area contributed by atoms with E-state index in [-0.39, 0.29) is 30.8 Å². The molecule has 1 aliphatic heterocycles. The molecule has 0 spiro atoms. The SMILES string of the molecule is CCOc1ccc(CCNC(=NC)NCc2ccc3c(c2)OCO3)cc1OCC.I. The molecule has 0 unspecified atom stereocenters. The van der Waals surface area contributed by atoms with E-state index in [1.807, 2.05) is 44.2 Å². The van der Waals surface area contributed by atoms with Crippen molar-refractivity contribution in [3.05, 3.63) is 47.5 Å². The Labute approximate surface area is 195 Å². The molecule has 0 saturated carbocycles. The predicted molar refractivity (Wildman–Crippen MR) is 129 cm³/mol. The lowest BCUT2D eigenvalue weighted by molar-refractivity contribution is 0.174. The highest BCUT2D eigenvalue weighted by Crippen LogP contribution is 2.32. The van der Waals surface area contributed by atoms with Crippen LogP contribution in [0.2, 0.25) is 0 Å². The minimum absolute atomic E-state index is 0. The Morgan fingerprint density at radius 2 is 1.67 bits per heavy atom. The maximum absolute atomic E-state index is 5.70. The molecular formula is C22H30IN3O4. The first-order valence-electron chi connectivity index (χ1n) is 9.95. The lowest BCUT2D eigenvalue weighted by atomic mass is 10.1. The van der Waals surface area contributed by atoms with Crippen LogP contribution in [0.1, 0.15) is 25.0 Å². The minimum atomic E-state index is 0. The molecule has 2 N–H and O–H groups in total. The molecule has 30 heavy (non-hydrogen) atoms. The van der Waals surface area contributed by atoms with Crippen molar-refractivity contribution in [2.24, 2.45) is 4.99 Å². The molecule has 0 saturated heterocycles. The van der Waals surface area contributed by atoms with Crippen LogP contribution in [0, 0.1) is 0 Å². The number of guanidine groups is 1. The maximum Gasteiger partial charge on any atom is 0.231 e. The van der Waals surface area contributed by atoms with E-state index in [1.165, 1.54) is 5.56 Å². The number of nitrogens with one attached hydrogen (secondary N) is 2. The van der Waals surface area contributed by atoms with Gasteiger partial charge in [0.25, 0.3) is 0 Å². The Morgan fingerprint density at radius 3 is 2.43 bits per heavy atom. The quantitative estimate of drug-likeness (QED) is 0.294. The van der Waals surface area contributed by atoms with Crippen LogP contribution in [0.4, 0.5) is 0 Å². The number of hydrogen-bond donors (Lipinski definition) is 2. The molecule has 3 rings (SSSR count). The number of ether oxygens (including phenoxy) is 4. The summed E-state index contributed by atoms with van der Waals surface area (Å²) < 4.78 is 22.1. The average molecular weight is 527 g/mol. The lowest BCUT2D eigenvalue weighted by Crippen LogP contribution is -2.37. The molecule has 2 aromatic carbocycles. The van der Waals surface area contributed by atoms with Crippen molar-refractivity contribution >= 4 is 29.9 Å². The first-order valence-corrected chi connectivity index (χ1v) is 9.95. The Bertz CT molecular complexity index is 845. The molecule has 1 aliphatic rings. The van der Waals surface area contributed by atoms with Gasteiger partial charge in [-0.1, -0.05) is 12.1 Å². The summed E-state index contributed by atoms with van der Waals surface area (Å²) in [7, 11) is 1.76. The Hall–Kier alpha value is -2.36. The summed E-state index contributed by atoms with van der Waals surface area (Å²) in [6.45, 7) is 6.85. The number of rotatable bonds is 9. The van der Waals surface area contributed by atoms with Gasteiger partial charge in [-0.25, -0.2) is 0 Å². The fourth-order valence-electron chi connectivity index (χ4n) is 3.03. The smallest absolute Gasteiger partial charge is 0.231 e. The van der Waals surface area contributed by atoms with E-state index in [4.69, 9.17) is 18.9 Å². The van der Waals surface area contributed by atoms with Crippen molar-refractivity contribution in [2.75, 3.05) is 33.6 Å². The van der Waals surface area contributed by atoms with Crippen molar-refractivity contribution in [1.82, 2.24) is 10.6 Å². The van der Waals surface area contributed by atoms with E-state index in [0.29, 0.717) is 19.8 Å². The monoisotopic (exact) mass is 527 g/mol. The number of fused-ring (bicyclic) bond motifs is 1. The van der Waals surface area contributed by atoms with Crippen LogP contribution in [0.25, 0.3) is 0 Å². The number of nitrogens with zero attached hydrogens (tertiary/aromatic N) is 1. The molecular weight excluding hydrogens is 497 g/mol. The third kappa shape index (κ3) is 6.58. The van der Waals surface area contributed by atoms with Crippen LogP contribution in [-0.4, -0.2) is 39.6 Å². The van der Waals surface area contributed by atoms with Crippen LogP contribution in [0.3, 0.4) is 0 Å². The van der Waals surface area contributed by atoms with Gasteiger partial charge in [-0.3, -0.25) is 4.99 Å². The number of hydrogen-bond acceptors (Lipinski definition) is 5. The third-order valence-corrected chi connectivity index (χ3v) is 4.43. The van der Waals surface area contributed by atoms with Gasteiger partial charge in [0.15, 0.2) is 29.0 Å². The lowest BCUT2D eigenvalue weighted by Gasteiger charge is -2.14. The largest absolute Gasteiger partial charge is 0.490 e. The standard InChI is InChI=1S/C22H29N3O4.HI/c1-4-26-18-8-6-16(12-20(18)27-5-2)10-11-24-22(23-3)25-14-17-7-9-19-21(13-17)29-15-28-19;/h6-9,12-13H,4-5,10-11,14-15H2,1-3H3,(H2,23,24,25);1H. The molecule has 0 aromatic heterocycles. The van der Waals surface area contributed by atoms with Gasteiger partial charge in [0.1, 0.15) is 0 Å². The Morgan fingerprint density at radius 1 is 0.933 bits per heavy atom. The fraction of sp³-hybridized carbons (Fsp3) is 0.409. The molecule has 7 nitrogen and oxygen atoms in total. The summed E-state index contributed by atoms with van der Waals surface area (Å²) in [6.07, 6.45) is 0.844. The van der Waals surface area contributed by atoms with E-state index in [2.05, 4.69) is 21.7 Å². The Kier molecular flexibility index (Phi) is 9.85. The number of halogens is 1. The fourth-order valence-corrected chi connectivity index (χ4v) is 3.03. The molecule has 8 heteroatoms. The van der Waals surface area contributed by atoms with Gasteiger partial charge in [-0.2, -0.15) is 0 Å². The summed E-state index contributed by atoms with van der Waals surface area (Å²) in [4.78, 5) is 4.29. The zero-order valence-electron chi connectivity index (χ0n) is 17.7. The van der Waals surface area contributed by atoms with E-state index in [0.717, 1.165) is 47.5 Å². The Balaban J connectivity index is 0.00000320. The van der Waals surface area contributed by atoms with Crippen molar-refractivity contribution < 1.29 is 18.9 Å². The van der Waals surface area contributed by atoms with Gasteiger partial charge < -0.3 is 29.6 Å². The minimum Gasteiger partial charge on any atom is -0.490 e. The molecule has 0 radical (unpaired) electrons. The van der Waals surface area contributed by atoms with Crippen molar-refractivity contribution in [1.29, 1.82) is 0 Å². The maximum atomic E-state index is 5.70. The van der Waals surface area contributed by atoms with Gasteiger partial charge in [0.05, 0.1) is 13.2 Å². The van der Waals surface area contributed by atoms with Gasteiger partial charge in [-0.15, -0.1) is 24.0 Å². The summed E-state index contributed by atoms with van der Waals surface area (Å²) in [6, 6.07) is 12.0. The summed E-state index contributed by atoms with van der Waals surface area (Å²) in [5, 5.41) is 6.66. The molecule has 0 atom stereocenters. The molecule has 2 aromatic rings. The highest BCUT2D eigenvalue weighted by Gasteiger charge is 2.13. The number of benzene rings is 2. The third-order valence-electron chi connectivity index (χ3n) is 4.43. The molecule has 164 valence electrons. The van der Waals surface area contributed by atoms with Gasteiger partial charge in [0, 0.05) is 20.1 Å². The summed E-state index contributed by atoms with van der Waals surface area (Å²) in [5.74, 6) is 3.90. The van der Waals surface area contributed by atoms with E-state index in [9.17, 15) is 0 Å². The van der Waals surface area contributed by atoms with Crippen LogP contribution in [-0.2, 0) is 13.0 Å². The van der Waals surface area contributed by atoms with Crippen LogP contribution < -0.4 is 29.6 Å². The zero-order valence-corrected chi connectivity index (χ0v) is 20.0. The zero-order chi connectivity index (χ0) is 20.5. The van der Waals surface area contributed by atoms with Gasteiger partial charge in [0.2, 0.25) is 6.79 Å².